The highest BCUT2D eigenvalue weighted by Crippen LogP contribution is 2.33. The van der Waals surface area contributed by atoms with E-state index in [1.54, 1.807) is 17.0 Å². The van der Waals surface area contributed by atoms with Crippen LogP contribution >= 0.6 is 0 Å². The first-order valence-electron chi connectivity index (χ1n) is 10.8. The molecule has 0 bridgehead atoms. The first-order chi connectivity index (χ1) is 14.7. The Morgan fingerprint density at radius 3 is 2.55 bits per heavy atom. The number of nitrogens with zero attached hydrogens (tertiary/aromatic N) is 1. The zero-order valence-electron chi connectivity index (χ0n) is 19.5. The van der Waals surface area contributed by atoms with Crippen molar-refractivity contribution < 1.29 is 28.5 Å². The van der Waals surface area contributed by atoms with Crippen molar-refractivity contribution in [1.82, 2.24) is 4.90 Å². The van der Waals surface area contributed by atoms with Gasteiger partial charge >= 0.3 is 12.1 Å². The summed E-state index contributed by atoms with van der Waals surface area (Å²) in [6, 6.07) is 3.31. The second-order valence-corrected chi connectivity index (χ2v) is 8.53. The van der Waals surface area contributed by atoms with Gasteiger partial charge in [0.05, 0.1) is 32.4 Å². The summed E-state index contributed by atoms with van der Waals surface area (Å²) in [5.41, 5.74) is 0.475. The molecule has 172 valence electrons. The summed E-state index contributed by atoms with van der Waals surface area (Å²) in [5.74, 6) is 0.581. The van der Waals surface area contributed by atoms with E-state index in [0.717, 1.165) is 25.7 Å². The Morgan fingerprint density at radius 2 is 1.94 bits per heavy atom. The Labute approximate surface area is 185 Å². The third-order valence-electron chi connectivity index (χ3n) is 4.92. The van der Waals surface area contributed by atoms with Gasteiger partial charge in [-0.15, -0.1) is 0 Å². The fraction of sp³-hybridized carbons (Fsp3) is 0.583. The molecule has 1 saturated heterocycles. The minimum atomic E-state index is -0.549. The van der Waals surface area contributed by atoms with Gasteiger partial charge in [0.25, 0.3) is 0 Å². The number of rotatable bonds is 8. The summed E-state index contributed by atoms with van der Waals surface area (Å²) in [5, 5.41) is 0. The topological polar surface area (TPSA) is 74.3 Å². The maximum Gasteiger partial charge on any atom is 0.410 e. The van der Waals surface area contributed by atoms with Crippen LogP contribution in [0.15, 0.2) is 18.2 Å². The van der Waals surface area contributed by atoms with Crippen LogP contribution in [-0.4, -0.2) is 56.0 Å². The molecule has 1 aliphatic heterocycles. The van der Waals surface area contributed by atoms with Gasteiger partial charge in [0.15, 0.2) is 11.5 Å². The minimum absolute atomic E-state index is 0.105. The smallest absolute Gasteiger partial charge is 0.410 e. The normalized spacial score (nSPS) is 16.5. The number of methoxy groups -OCH3 is 2. The van der Waals surface area contributed by atoms with Crippen molar-refractivity contribution in [1.29, 1.82) is 0 Å². The Bertz CT molecular complexity index is 796. The lowest BCUT2D eigenvalue weighted by atomic mass is 10.0. The number of ether oxygens (including phenoxy) is 4. The van der Waals surface area contributed by atoms with Crippen molar-refractivity contribution in [2.24, 2.45) is 0 Å². The SMILES string of the molecule is CCCCOc1cc(/C=C\[C@@H]2CCCN2C(=O)OC(C)(C)C)c(C(=O)OC)cc1OC. The van der Waals surface area contributed by atoms with Crippen molar-refractivity contribution in [3.05, 3.63) is 29.3 Å². The Morgan fingerprint density at radius 1 is 1.19 bits per heavy atom. The third-order valence-corrected chi connectivity index (χ3v) is 4.92. The summed E-state index contributed by atoms with van der Waals surface area (Å²) >= 11 is 0. The predicted molar refractivity (Wildman–Crippen MR) is 120 cm³/mol. The lowest BCUT2D eigenvalue weighted by molar-refractivity contribution is 0.0256. The molecule has 1 amide bonds. The molecule has 7 heteroatoms. The van der Waals surface area contributed by atoms with Crippen molar-refractivity contribution in [3.63, 3.8) is 0 Å². The van der Waals surface area contributed by atoms with E-state index in [4.69, 9.17) is 18.9 Å². The van der Waals surface area contributed by atoms with Gasteiger partial charge in [-0.05, 0) is 57.7 Å². The molecule has 0 aliphatic carbocycles. The highest BCUT2D eigenvalue weighted by Gasteiger charge is 2.30. The van der Waals surface area contributed by atoms with Gasteiger partial charge in [-0.3, -0.25) is 0 Å². The maximum atomic E-state index is 12.5. The monoisotopic (exact) mass is 433 g/mol. The number of unbranched alkanes of at least 4 members (excludes halogenated alkanes) is 1. The number of benzene rings is 1. The number of amides is 1. The number of hydrogen-bond acceptors (Lipinski definition) is 6. The maximum absolute atomic E-state index is 12.5. The van der Waals surface area contributed by atoms with Gasteiger partial charge in [0.1, 0.15) is 5.60 Å². The van der Waals surface area contributed by atoms with Crippen LogP contribution in [0.1, 0.15) is 69.3 Å². The molecular weight excluding hydrogens is 398 g/mol. The van der Waals surface area contributed by atoms with Crippen LogP contribution in [0, 0.1) is 0 Å². The van der Waals surface area contributed by atoms with Crippen molar-refractivity contribution in [2.75, 3.05) is 27.4 Å². The van der Waals surface area contributed by atoms with Crippen molar-refractivity contribution in [3.8, 4) is 11.5 Å². The zero-order chi connectivity index (χ0) is 23.0. The molecule has 31 heavy (non-hydrogen) atoms. The largest absolute Gasteiger partial charge is 0.493 e. The number of carbonyl (C=O) groups is 2. The van der Waals surface area contributed by atoms with Gasteiger partial charge in [0.2, 0.25) is 0 Å². The summed E-state index contributed by atoms with van der Waals surface area (Å²) in [6.07, 6.45) is 7.10. The second kappa shape index (κ2) is 11.1. The second-order valence-electron chi connectivity index (χ2n) is 8.53. The molecule has 0 saturated carbocycles. The van der Waals surface area contributed by atoms with E-state index in [1.807, 2.05) is 32.9 Å². The highest BCUT2D eigenvalue weighted by atomic mass is 16.6. The van der Waals surface area contributed by atoms with Gasteiger partial charge < -0.3 is 23.8 Å². The summed E-state index contributed by atoms with van der Waals surface area (Å²) in [6.45, 7) is 8.85. The fourth-order valence-corrected chi connectivity index (χ4v) is 3.35. The van der Waals surface area contributed by atoms with Crippen molar-refractivity contribution in [2.45, 2.75) is 65.0 Å². The minimum Gasteiger partial charge on any atom is -0.493 e. The number of esters is 1. The standard InChI is InChI=1S/C24H35NO6/c1-7-8-14-30-21-15-17(19(22(26)29-6)16-20(21)28-5)11-12-18-10-9-13-25(18)23(27)31-24(2,3)4/h11-12,15-16,18H,7-10,13-14H2,1-6H3/b12-11-/t18-/m0/s1. The molecular formula is C24H35NO6. The summed E-state index contributed by atoms with van der Waals surface area (Å²) < 4.78 is 21.8. The van der Waals surface area contributed by atoms with Crippen LogP contribution < -0.4 is 9.47 Å². The average Bonchev–Trinajstić information content (AvgIpc) is 3.19. The molecule has 1 aromatic carbocycles. The van der Waals surface area contributed by atoms with Crippen LogP contribution in [0.3, 0.4) is 0 Å². The molecule has 0 N–H and O–H groups in total. The van der Waals surface area contributed by atoms with Crippen LogP contribution in [0.4, 0.5) is 4.79 Å². The van der Waals surface area contributed by atoms with E-state index in [2.05, 4.69) is 6.92 Å². The Hall–Kier alpha value is -2.70. The zero-order valence-corrected chi connectivity index (χ0v) is 19.5. The molecule has 1 atom stereocenters. The van der Waals surface area contributed by atoms with Gasteiger partial charge in [-0.2, -0.15) is 0 Å². The molecule has 1 aromatic rings. The third kappa shape index (κ3) is 6.91. The van der Waals surface area contributed by atoms with Gasteiger partial charge in [-0.1, -0.05) is 25.5 Å². The first-order valence-corrected chi connectivity index (χ1v) is 10.8. The molecule has 0 aromatic heterocycles. The van der Waals surface area contributed by atoms with E-state index < -0.39 is 11.6 Å². The lowest BCUT2D eigenvalue weighted by Crippen LogP contribution is -2.39. The molecule has 2 rings (SSSR count). The quantitative estimate of drug-likeness (QED) is 0.421. The Balaban J connectivity index is 2.31. The molecule has 1 aliphatic rings. The lowest BCUT2D eigenvalue weighted by Gasteiger charge is -2.27. The van der Waals surface area contributed by atoms with E-state index in [9.17, 15) is 9.59 Å². The Kier molecular flexibility index (Phi) is 8.77. The highest BCUT2D eigenvalue weighted by molar-refractivity contribution is 5.94. The first kappa shape index (κ1) is 24.6. The fourth-order valence-electron chi connectivity index (χ4n) is 3.35. The molecule has 7 nitrogen and oxygen atoms in total. The summed E-state index contributed by atoms with van der Waals surface area (Å²) in [7, 11) is 2.88. The molecule has 0 radical (unpaired) electrons. The van der Waals surface area contributed by atoms with E-state index in [-0.39, 0.29) is 12.1 Å². The van der Waals surface area contributed by atoms with Crippen LogP contribution in [0.5, 0.6) is 11.5 Å². The molecule has 0 spiro atoms. The summed E-state index contributed by atoms with van der Waals surface area (Å²) in [4.78, 5) is 26.6. The average molecular weight is 434 g/mol. The van der Waals surface area contributed by atoms with Gasteiger partial charge in [-0.25, -0.2) is 9.59 Å². The van der Waals surface area contributed by atoms with Crippen LogP contribution in [0.25, 0.3) is 6.08 Å². The molecule has 1 heterocycles. The van der Waals surface area contributed by atoms with E-state index in [0.29, 0.717) is 35.8 Å². The number of likely N-dealkylation sites (tertiary alicyclic amines) is 1. The van der Waals surface area contributed by atoms with Crippen LogP contribution in [0.2, 0.25) is 0 Å². The molecule has 1 fully saturated rings. The molecule has 0 unspecified atom stereocenters. The van der Waals surface area contributed by atoms with Gasteiger partial charge in [0, 0.05) is 6.54 Å². The number of carbonyl (C=O) groups excluding carboxylic acids is 2. The van der Waals surface area contributed by atoms with Crippen molar-refractivity contribution >= 4 is 18.1 Å². The van der Waals surface area contributed by atoms with E-state index in [1.165, 1.54) is 14.2 Å². The number of hydrogen-bond donors (Lipinski definition) is 0. The predicted octanol–water partition coefficient (Wildman–Crippen LogP) is 5.07. The van der Waals surface area contributed by atoms with Crippen LogP contribution in [-0.2, 0) is 9.47 Å². The van der Waals surface area contributed by atoms with E-state index >= 15 is 0 Å².